The first-order valence-electron chi connectivity index (χ1n) is 9.02. The second-order valence-corrected chi connectivity index (χ2v) is 7.47. The Balaban J connectivity index is 1.44. The third-order valence-electron chi connectivity index (χ3n) is 5.37. The molecule has 5 nitrogen and oxygen atoms in total. The van der Waals surface area contributed by atoms with Gasteiger partial charge in [0.05, 0.1) is 13.2 Å². The number of ether oxygens (including phenoxy) is 2. The van der Waals surface area contributed by atoms with Gasteiger partial charge in [0, 0.05) is 37.0 Å². The average Bonchev–Trinajstić information content (AvgIpc) is 2.60. The summed E-state index contributed by atoms with van der Waals surface area (Å²) in [5, 5.41) is 0.461. The minimum atomic E-state index is 0.153. The SMILES string of the molecule is Cc1c(Cl)ncnc1OC1CC2COCC(C1)N2CC1=CC=CCC1. The summed E-state index contributed by atoms with van der Waals surface area (Å²) >= 11 is 6.09. The number of hydrogen-bond acceptors (Lipinski definition) is 5. The molecule has 0 aromatic carbocycles. The highest BCUT2D eigenvalue weighted by Gasteiger charge is 2.40. The van der Waals surface area contributed by atoms with Gasteiger partial charge in [-0.2, -0.15) is 0 Å². The molecule has 2 saturated heterocycles. The number of nitrogens with zero attached hydrogens (tertiary/aromatic N) is 3. The lowest BCUT2D eigenvalue weighted by Gasteiger charge is -2.48. The molecule has 2 bridgehead atoms. The van der Waals surface area contributed by atoms with Crippen LogP contribution in [0.5, 0.6) is 5.88 Å². The van der Waals surface area contributed by atoms with Crippen LogP contribution in [0.1, 0.15) is 31.2 Å². The molecule has 0 saturated carbocycles. The number of rotatable bonds is 4. The van der Waals surface area contributed by atoms with E-state index in [1.165, 1.54) is 18.3 Å². The molecule has 1 aromatic heterocycles. The fourth-order valence-corrected chi connectivity index (χ4v) is 4.13. The Morgan fingerprint density at radius 1 is 1.28 bits per heavy atom. The monoisotopic (exact) mass is 361 g/mol. The second kappa shape index (κ2) is 7.44. The zero-order valence-electron chi connectivity index (χ0n) is 14.5. The number of aromatic nitrogens is 2. The topological polar surface area (TPSA) is 47.5 Å². The van der Waals surface area contributed by atoms with Gasteiger partial charge in [0.25, 0.3) is 0 Å². The number of halogens is 1. The van der Waals surface area contributed by atoms with Crippen molar-refractivity contribution in [2.75, 3.05) is 19.8 Å². The summed E-state index contributed by atoms with van der Waals surface area (Å²) in [6, 6.07) is 0.809. The van der Waals surface area contributed by atoms with E-state index < -0.39 is 0 Å². The van der Waals surface area contributed by atoms with Gasteiger partial charge in [0.2, 0.25) is 5.88 Å². The van der Waals surface area contributed by atoms with Crippen molar-refractivity contribution in [2.45, 2.75) is 50.8 Å². The highest BCUT2D eigenvalue weighted by molar-refractivity contribution is 6.30. The maximum absolute atomic E-state index is 6.20. The predicted molar refractivity (Wildman–Crippen MR) is 97.0 cm³/mol. The van der Waals surface area contributed by atoms with Crippen molar-refractivity contribution in [1.29, 1.82) is 0 Å². The molecule has 2 fully saturated rings. The Hall–Kier alpha value is -1.43. The summed E-state index contributed by atoms with van der Waals surface area (Å²) in [5.41, 5.74) is 2.34. The minimum Gasteiger partial charge on any atom is -0.474 e. The standard InChI is InChI=1S/C19H24ClN3O2/c1-13-18(20)21-12-22-19(13)25-17-7-15-10-24-11-16(8-17)23(15)9-14-5-3-2-4-6-14/h2-3,5,12,15-17H,4,6-11H2,1H3. The van der Waals surface area contributed by atoms with Gasteiger partial charge in [-0.15, -0.1) is 0 Å². The molecule has 1 aliphatic carbocycles. The Labute approximate surface area is 153 Å². The fraction of sp³-hybridized carbons (Fsp3) is 0.579. The largest absolute Gasteiger partial charge is 0.474 e. The van der Waals surface area contributed by atoms with E-state index in [2.05, 4.69) is 33.1 Å². The predicted octanol–water partition coefficient (Wildman–Crippen LogP) is 3.33. The summed E-state index contributed by atoms with van der Waals surface area (Å²) in [5.74, 6) is 0.609. The van der Waals surface area contributed by atoms with Crippen LogP contribution in [0.3, 0.4) is 0 Å². The van der Waals surface area contributed by atoms with Crippen molar-refractivity contribution in [1.82, 2.24) is 14.9 Å². The third-order valence-corrected chi connectivity index (χ3v) is 5.75. The van der Waals surface area contributed by atoms with Crippen molar-refractivity contribution >= 4 is 11.6 Å². The fourth-order valence-electron chi connectivity index (χ4n) is 4.00. The van der Waals surface area contributed by atoms with Crippen LogP contribution in [0, 0.1) is 6.92 Å². The maximum Gasteiger partial charge on any atom is 0.221 e. The molecule has 134 valence electrons. The van der Waals surface area contributed by atoms with Crippen LogP contribution in [-0.2, 0) is 4.74 Å². The van der Waals surface area contributed by atoms with Gasteiger partial charge < -0.3 is 9.47 Å². The van der Waals surface area contributed by atoms with E-state index in [1.807, 2.05) is 6.92 Å². The smallest absolute Gasteiger partial charge is 0.221 e. The van der Waals surface area contributed by atoms with Crippen molar-refractivity contribution < 1.29 is 9.47 Å². The lowest BCUT2D eigenvalue weighted by Crippen LogP contribution is -2.59. The van der Waals surface area contributed by atoms with Crippen molar-refractivity contribution in [3.63, 3.8) is 0 Å². The Bertz CT molecular complexity index is 677. The number of hydrogen-bond donors (Lipinski definition) is 0. The molecule has 0 amide bonds. The van der Waals surface area contributed by atoms with Crippen LogP contribution in [0.2, 0.25) is 5.15 Å². The highest BCUT2D eigenvalue weighted by Crippen LogP contribution is 2.32. The molecule has 0 N–H and O–H groups in total. The molecule has 6 heteroatoms. The van der Waals surface area contributed by atoms with Gasteiger partial charge in [-0.1, -0.05) is 35.4 Å². The number of morpholine rings is 1. The number of allylic oxidation sites excluding steroid dienone is 3. The average molecular weight is 362 g/mol. The first-order chi connectivity index (χ1) is 12.2. The summed E-state index contributed by atoms with van der Waals surface area (Å²) in [6.45, 7) is 4.51. The quantitative estimate of drug-likeness (QED) is 0.770. The van der Waals surface area contributed by atoms with Crippen LogP contribution < -0.4 is 4.74 Å². The molecule has 2 unspecified atom stereocenters. The normalized spacial score (nSPS) is 29.4. The summed E-state index contributed by atoms with van der Waals surface area (Å²) in [6.07, 6.45) is 12.6. The molecule has 0 spiro atoms. The van der Waals surface area contributed by atoms with Gasteiger partial charge in [-0.05, 0) is 19.8 Å². The third kappa shape index (κ3) is 3.73. The van der Waals surface area contributed by atoms with Crippen LogP contribution in [-0.4, -0.2) is 52.8 Å². The summed E-state index contributed by atoms with van der Waals surface area (Å²) in [7, 11) is 0. The molecule has 1 aromatic rings. The second-order valence-electron chi connectivity index (χ2n) is 7.12. The van der Waals surface area contributed by atoms with Crippen molar-refractivity contribution in [3.8, 4) is 5.88 Å². The zero-order chi connectivity index (χ0) is 17.2. The molecule has 2 aliphatic heterocycles. The summed E-state index contributed by atoms with van der Waals surface area (Å²) < 4.78 is 12.0. The zero-order valence-corrected chi connectivity index (χ0v) is 15.3. The molecule has 3 heterocycles. The van der Waals surface area contributed by atoms with Crippen LogP contribution in [0.15, 0.2) is 30.1 Å². The lowest BCUT2D eigenvalue weighted by molar-refractivity contribution is -0.0965. The van der Waals surface area contributed by atoms with Gasteiger partial charge in [-0.25, -0.2) is 9.97 Å². The van der Waals surface area contributed by atoms with Crippen molar-refractivity contribution in [2.24, 2.45) is 0 Å². The van der Waals surface area contributed by atoms with Crippen molar-refractivity contribution in [3.05, 3.63) is 40.8 Å². The van der Waals surface area contributed by atoms with E-state index in [-0.39, 0.29) is 6.10 Å². The van der Waals surface area contributed by atoms with E-state index in [0.29, 0.717) is 23.1 Å². The minimum absolute atomic E-state index is 0.153. The number of piperidine rings is 1. The maximum atomic E-state index is 6.20. The lowest BCUT2D eigenvalue weighted by atomic mass is 9.90. The van der Waals surface area contributed by atoms with E-state index in [0.717, 1.165) is 44.6 Å². The van der Waals surface area contributed by atoms with E-state index in [4.69, 9.17) is 21.1 Å². The Kier molecular flexibility index (Phi) is 5.06. The van der Waals surface area contributed by atoms with E-state index in [9.17, 15) is 0 Å². The first-order valence-corrected chi connectivity index (χ1v) is 9.40. The van der Waals surface area contributed by atoms with Gasteiger partial charge in [-0.3, -0.25) is 4.90 Å². The van der Waals surface area contributed by atoms with Crippen LogP contribution in [0.25, 0.3) is 0 Å². The Morgan fingerprint density at radius 3 is 2.80 bits per heavy atom. The van der Waals surface area contributed by atoms with Gasteiger partial charge in [0.1, 0.15) is 17.6 Å². The molecule has 4 rings (SSSR count). The molecule has 0 radical (unpaired) electrons. The molecule has 25 heavy (non-hydrogen) atoms. The van der Waals surface area contributed by atoms with E-state index in [1.54, 1.807) is 0 Å². The van der Waals surface area contributed by atoms with Crippen LogP contribution in [0.4, 0.5) is 0 Å². The molecule has 3 aliphatic rings. The Morgan fingerprint density at radius 2 is 2.08 bits per heavy atom. The summed E-state index contributed by atoms with van der Waals surface area (Å²) in [4.78, 5) is 10.9. The van der Waals surface area contributed by atoms with Crippen LogP contribution >= 0.6 is 11.6 Å². The molecular weight excluding hydrogens is 338 g/mol. The highest BCUT2D eigenvalue weighted by atomic mass is 35.5. The van der Waals surface area contributed by atoms with Gasteiger partial charge >= 0.3 is 0 Å². The van der Waals surface area contributed by atoms with Gasteiger partial charge in [0.15, 0.2) is 0 Å². The molecule has 2 atom stereocenters. The molecular formula is C19H24ClN3O2. The number of fused-ring (bicyclic) bond motifs is 2. The van der Waals surface area contributed by atoms with E-state index >= 15 is 0 Å². The first kappa shape index (κ1) is 17.0.